The Balaban J connectivity index is 1.42. The van der Waals surface area contributed by atoms with E-state index in [2.05, 4.69) is 56.3 Å². The van der Waals surface area contributed by atoms with Gasteiger partial charge in [0, 0.05) is 17.9 Å². The Kier molecular flexibility index (Phi) is 13.7. The maximum absolute atomic E-state index is 14.5. The first-order valence-corrected chi connectivity index (χ1v) is 26.7. The molecule has 318 valence electrons. The van der Waals surface area contributed by atoms with Gasteiger partial charge in [-0.25, -0.2) is 19.3 Å². The van der Waals surface area contributed by atoms with Gasteiger partial charge in [-0.05, 0) is 54.6 Å². The van der Waals surface area contributed by atoms with Crippen molar-refractivity contribution in [1.82, 2.24) is 29.5 Å². The van der Waals surface area contributed by atoms with Crippen molar-refractivity contribution in [3.8, 4) is 6.07 Å². The van der Waals surface area contributed by atoms with Crippen molar-refractivity contribution in [2.75, 3.05) is 30.5 Å². The van der Waals surface area contributed by atoms with Crippen LogP contribution in [0.4, 0.5) is 16.2 Å². The maximum atomic E-state index is 14.5. The average Bonchev–Trinajstić information content (AvgIpc) is 3.82. The Bertz CT molecular complexity index is 2190. The van der Waals surface area contributed by atoms with Crippen LogP contribution in [0.25, 0.3) is 11.2 Å². The van der Waals surface area contributed by atoms with Gasteiger partial charge in [0.05, 0.1) is 50.9 Å². The number of fused-ring (bicyclic) bond motifs is 4. The van der Waals surface area contributed by atoms with Gasteiger partial charge in [0.1, 0.15) is 24.6 Å². The molecular formula is C33H48FN9O10P2S2Si. The molecule has 0 spiro atoms. The second-order valence-electron chi connectivity index (χ2n) is 16.0. The molecule has 6 rings (SSSR count). The van der Waals surface area contributed by atoms with Gasteiger partial charge in [0.2, 0.25) is 11.9 Å². The van der Waals surface area contributed by atoms with Gasteiger partial charge in [-0.1, -0.05) is 34.6 Å². The van der Waals surface area contributed by atoms with Crippen LogP contribution in [-0.4, -0.2) is 98.9 Å². The summed E-state index contributed by atoms with van der Waals surface area (Å²) in [6, 6.07) is 1.65. The number of rotatable bonds is 10. The number of aromatic nitrogens is 6. The Hall–Kier alpha value is -2.68. The van der Waals surface area contributed by atoms with Crippen LogP contribution >= 0.6 is 13.4 Å². The van der Waals surface area contributed by atoms with Crippen molar-refractivity contribution in [3.05, 3.63) is 35.0 Å². The number of aromatic amines is 1. The number of hydrogen-bond acceptors (Lipinski definition) is 17. The molecule has 2 bridgehead atoms. The van der Waals surface area contributed by atoms with E-state index < -0.39 is 81.7 Å². The number of imidazole rings is 1. The van der Waals surface area contributed by atoms with Crippen molar-refractivity contribution < 1.29 is 45.9 Å². The van der Waals surface area contributed by atoms with E-state index in [-0.39, 0.29) is 66.5 Å². The summed E-state index contributed by atoms with van der Waals surface area (Å²) in [4.78, 5) is 56.5. The highest BCUT2D eigenvalue weighted by Gasteiger charge is 2.55. The number of ether oxygens (including phenoxy) is 1. The number of amides is 1. The Morgan fingerprint density at radius 3 is 2.66 bits per heavy atom. The van der Waals surface area contributed by atoms with Crippen LogP contribution in [0.1, 0.15) is 60.1 Å². The minimum atomic E-state index is -4.01. The first-order valence-electron chi connectivity index (χ1n) is 18.6. The lowest BCUT2D eigenvalue weighted by atomic mass is 10.1. The van der Waals surface area contributed by atoms with E-state index in [1.807, 2.05) is 19.2 Å². The topological polar surface area (TPSA) is 239 Å². The highest BCUT2D eigenvalue weighted by atomic mass is 32.5. The molecule has 3 aromatic rings. The van der Waals surface area contributed by atoms with E-state index in [1.54, 1.807) is 13.8 Å². The van der Waals surface area contributed by atoms with E-state index >= 15 is 0 Å². The zero-order valence-corrected chi connectivity index (χ0v) is 37.4. The fraction of sp³-hybridized carbons (Fsp3) is 0.667. The summed E-state index contributed by atoms with van der Waals surface area (Å²) >= 11 is 11.6. The summed E-state index contributed by atoms with van der Waals surface area (Å²) in [5.41, 5.74) is -0.640. The molecule has 2 aliphatic heterocycles. The summed E-state index contributed by atoms with van der Waals surface area (Å²) in [5.74, 6) is -2.04. The molecule has 5 heterocycles. The molecule has 25 heteroatoms. The number of carbonyl (C=O) groups excluding carboxylic acids is 1. The lowest BCUT2D eigenvalue weighted by Crippen LogP contribution is -2.50. The fourth-order valence-corrected chi connectivity index (χ4v) is 11.3. The summed E-state index contributed by atoms with van der Waals surface area (Å²) in [7, 11) is -2.69. The number of carbonyl (C=O) groups is 1. The molecule has 58 heavy (non-hydrogen) atoms. The molecule has 2 saturated heterocycles. The number of anilines is 2. The average molecular weight is 904 g/mol. The van der Waals surface area contributed by atoms with Gasteiger partial charge < -0.3 is 37.5 Å². The number of nitrogens with zero attached hydrogens (tertiary/aromatic N) is 6. The lowest BCUT2D eigenvalue weighted by molar-refractivity contribution is -0.118. The zero-order chi connectivity index (χ0) is 42.2. The SMILES string of the molecule is CC(C)C(=O)Nc1nc2c(ncn2[C@@H]2O[C@@H]3COP(O)(=S)O[C@H]4C[C@H](Nc5ncncc5F)C[C@@H]4CO[P@@](=S)(OCCC#N)O[C@@H]2[C@@H]3O[Si](C)(C)C(C)(C)C)c(=O)[nH]1. The minimum absolute atomic E-state index is 0.00634. The highest BCUT2D eigenvalue weighted by Crippen LogP contribution is 2.58. The quantitative estimate of drug-likeness (QED) is 0.119. The monoisotopic (exact) mass is 903 g/mol. The minimum Gasteiger partial charge on any atom is -0.408 e. The number of H-pyrrole nitrogens is 1. The van der Waals surface area contributed by atoms with Crippen molar-refractivity contribution >= 4 is 74.2 Å². The Labute approximate surface area is 345 Å². The molecular weight excluding hydrogens is 856 g/mol. The van der Waals surface area contributed by atoms with Gasteiger partial charge in [-0.3, -0.25) is 29.0 Å². The fourth-order valence-electron chi connectivity index (χ4n) is 6.40. The summed E-state index contributed by atoms with van der Waals surface area (Å²) in [6.07, 6.45) is -0.859. The number of nitriles is 1. The van der Waals surface area contributed by atoms with E-state index in [1.165, 1.54) is 17.2 Å². The third kappa shape index (κ3) is 10.3. The third-order valence-electron chi connectivity index (χ3n) is 10.5. The van der Waals surface area contributed by atoms with Crippen LogP contribution in [0.5, 0.6) is 0 Å². The molecule has 3 fully saturated rings. The predicted molar refractivity (Wildman–Crippen MR) is 218 cm³/mol. The van der Waals surface area contributed by atoms with Crippen LogP contribution in [0, 0.1) is 29.0 Å². The van der Waals surface area contributed by atoms with Crippen molar-refractivity contribution in [1.29, 1.82) is 5.26 Å². The molecule has 0 radical (unpaired) electrons. The van der Waals surface area contributed by atoms with E-state index in [9.17, 15) is 24.1 Å². The first kappa shape index (κ1) is 44.9. The second-order valence-corrected chi connectivity index (χ2v) is 26.6. The molecule has 3 aliphatic rings. The Morgan fingerprint density at radius 2 is 1.97 bits per heavy atom. The van der Waals surface area contributed by atoms with E-state index in [4.69, 9.17) is 55.4 Å². The van der Waals surface area contributed by atoms with Gasteiger partial charge in [-0.15, -0.1) is 0 Å². The Morgan fingerprint density at radius 1 is 1.21 bits per heavy atom. The normalized spacial score (nSPS) is 30.9. The van der Waals surface area contributed by atoms with Crippen molar-refractivity contribution in [2.45, 2.75) is 109 Å². The van der Waals surface area contributed by atoms with Gasteiger partial charge >= 0.3 is 13.4 Å². The largest absolute Gasteiger partial charge is 0.408 e. The van der Waals surface area contributed by atoms with E-state index in [0.29, 0.717) is 6.42 Å². The molecule has 1 amide bonds. The molecule has 9 atom stereocenters. The zero-order valence-electron chi connectivity index (χ0n) is 33.0. The molecule has 1 saturated carbocycles. The smallest absolute Gasteiger partial charge is 0.327 e. The molecule has 19 nitrogen and oxygen atoms in total. The van der Waals surface area contributed by atoms with Crippen molar-refractivity contribution in [3.63, 3.8) is 0 Å². The first-order chi connectivity index (χ1) is 27.2. The molecule has 3 aromatic heterocycles. The van der Waals surface area contributed by atoms with E-state index in [0.717, 1.165) is 6.20 Å². The van der Waals surface area contributed by atoms with Gasteiger partial charge in [0.15, 0.2) is 37.3 Å². The summed E-state index contributed by atoms with van der Waals surface area (Å²) in [6.45, 7) is 5.21. The van der Waals surface area contributed by atoms with Crippen LogP contribution in [0.15, 0.2) is 23.6 Å². The van der Waals surface area contributed by atoms with Crippen LogP contribution in [0.3, 0.4) is 0 Å². The summed E-state index contributed by atoms with van der Waals surface area (Å²) < 4.78 is 61.2. The molecule has 0 aromatic carbocycles. The van der Waals surface area contributed by atoms with Crippen LogP contribution in [0.2, 0.25) is 18.1 Å². The predicted octanol–water partition coefficient (Wildman–Crippen LogP) is 5.01. The van der Waals surface area contributed by atoms with Crippen LogP contribution < -0.4 is 16.2 Å². The number of halogens is 1. The molecule has 1 unspecified atom stereocenters. The molecule has 4 N–H and O–H groups in total. The van der Waals surface area contributed by atoms with Crippen LogP contribution in [-0.2, 0) is 60.2 Å². The number of nitrogens with one attached hydrogen (secondary N) is 3. The molecule has 1 aliphatic carbocycles. The maximum Gasteiger partial charge on any atom is 0.327 e. The van der Waals surface area contributed by atoms with Gasteiger partial charge in [0.25, 0.3) is 5.56 Å². The van der Waals surface area contributed by atoms with Crippen molar-refractivity contribution in [2.24, 2.45) is 11.8 Å². The highest BCUT2D eigenvalue weighted by molar-refractivity contribution is 8.07. The van der Waals surface area contributed by atoms with Gasteiger partial charge in [-0.2, -0.15) is 10.2 Å². The lowest BCUT2D eigenvalue weighted by Gasteiger charge is -2.41. The third-order valence-corrected chi connectivity index (χ3v) is 18.9. The second kappa shape index (κ2) is 17.7. The number of hydrogen-bond donors (Lipinski definition) is 4. The standard InChI is InChI=1S/C33H48FN9O10P2S2Si/c1-18(2)29(44)41-32-40-28-24(30(45)42-32)38-17-43(28)31-26-25(53-58(6,7)33(3,4)5)23(50-31)15-48-54(46,56)51-22-12-20(39-27-21(34)13-36-16-37-27)11-19(22)14-49-55(57,52-26)47-10-8-9-35/h13,16-20,22-23,25-26,31H,8,10-12,14-15H2,1-7H3,(H,46,56)(H,36,37,39)(H2,40,41,42,44,45)/t19-,20-,22+,23-,25-,26-,31-,54?,55+/m1/s1. The summed E-state index contributed by atoms with van der Waals surface area (Å²) in [5, 5.41) is 14.8.